The number of furan rings is 1. The van der Waals surface area contributed by atoms with Crippen LogP contribution in [0.15, 0.2) is 73.1 Å². The van der Waals surface area contributed by atoms with Crippen LogP contribution in [0.5, 0.6) is 11.5 Å². The fourth-order valence-electron chi connectivity index (χ4n) is 3.13. The number of methoxy groups -OCH3 is 1. The van der Waals surface area contributed by atoms with Gasteiger partial charge in [0, 0.05) is 20.4 Å². The molecule has 34 heavy (non-hydrogen) atoms. The molecule has 0 unspecified atom stereocenters. The van der Waals surface area contributed by atoms with Crippen LogP contribution in [-0.2, 0) is 6.61 Å². The molecule has 6 nitrogen and oxygen atoms in total. The number of carbonyl (C=O) groups excluding carboxylic acids is 1. The highest BCUT2D eigenvalue weighted by Crippen LogP contribution is 2.37. The molecule has 0 aliphatic heterocycles. The molecule has 10 heteroatoms. The number of fused-ring (bicyclic) bond motifs is 1. The SMILES string of the molecule is COc1cc(/C=N\NC(=O)c2cc3cc(Br)cc(Br)c3o2)cc(Cl)c1OCc1ccccc1Cl. The minimum Gasteiger partial charge on any atom is -0.493 e. The van der Waals surface area contributed by atoms with Gasteiger partial charge >= 0.3 is 5.91 Å². The van der Waals surface area contributed by atoms with E-state index in [4.69, 9.17) is 37.1 Å². The Morgan fingerprint density at radius 2 is 1.91 bits per heavy atom. The van der Waals surface area contributed by atoms with Gasteiger partial charge in [0.2, 0.25) is 0 Å². The Balaban J connectivity index is 1.46. The summed E-state index contributed by atoms with van der Waals surface area (Å²) in [6, 6.07) is 16.1. The second-order valence-corrected chi connectivity index (χ2v) is 9.61. The number of hydrazone groups is 1. The largest absolute Gasteiger partial charge is 0.493 e. The zero-order valence-electron chi connectivity index (χ0n) is 17.6. The van der Waals surface area contributed by atoms with Crippen molar-refractivity contribution in [3.05, 3.63) is 90.5 Å². The van der Waals surface area contributed by atoms with Gasteiger partial charge in [0.25, 0.3) is 0 Å². The summed E-state index contributed by atoms with van der Waals surface area (Å²) >= 11 is 19.4. The molecular weight excluding hydrogens is 611 g/mol. The molecule has 0 bridgehead atoms. The van der Waals surface area contributed by atoms with Crippen molar-refractivity contribution in [2.45, 2.75) is 6.61 Å². The molecule has 0 atom stereocenters. The van der Waals surface area contributed by atoms with Gasteiger partial charge < -0.3 is 13.9 Å². The third-order valence-electron chi connectivity index (χ3n) is 4.72. The molecule has 0 aliphatic rings. The summed E-state index contributed by atoms with van der Waals surface area (Å²) in [6.07, 6.45) is 1.44. The maximum absolute atomic E-state index is 12.5. The number of hydrogen-bond donors (Lipinski definition) is 1. The van der Waals surface area contributed by atoms with Crippen LogP contribution < -0.4 is 14.9 Å². The van der Waals surface area contributed by atoms with E-state index in [0.29, 0.717) is 32.7 Å². The number of nitrogens with one attached hydrogen (secondary N) is 1. The third kappa shape index (κ3) is 5.58. The molecule has 0 spiro atoms. The zero-order valence-corrected chi connectivity index (χ0v) is 22.3. The van der Waals surface area contributed by atoms with Crippen LogP contribution >= 0.6 is 55.1 Å². The molecule has 1 heterocycles. The average molecular weight is 627 g/mol. The van der Waals surface area contributed by atoms with E-state index in [1.165, 1.54) is 13.3 Å². The Morgan fingerprint density at radius 3 is 2.68 bits per heavy atom. The van der Waals surface area contributed by atoms with E-state index in [1.54, 1.807) is 24.3 Å². The first kappa shape index (κ1) is 24.6. The summed E-state index contributed by atoms with van der Waals surface area (Å²) in [4.78, 5) is 12.5. The van der Waals surface area contributed by atoms with Crippen LogP contribution in [0.4, 0.5) is 0 Å². The summed E-state index contributed by atoms with van der Waals surface area (Å²) < 4.78 is 18.5. The fourth-order valence-corrected chi connectivity index (χ4v) is 4.93. The van der Waals surface area contributed by atoms with Crippen molar-refractivity contribution < 1.29 is 18.7 Å². The summed E-state index contributed by atoms with van der Waals surface area (Å²) in [7, 11) is 1.51. The van der Waals surface area contributed by atoms with Crippen molar-refractivity contribution in [3.63, 3.8) is 0 Å². The van der Waals surface area contributed by atoms with Crippen molar-refractivity contribution in [1.82, 2.24) is 5.43 Å². The van der Waals surface area contributed by atoms with E-state index in [2.05, 4.69) is 42.4 Å². The monoisotopic (exact) mass is 624 g/mol. The molecule has 3 aromatic carbocycles. The molecule has 1 aromatic heterocycles. The van der Waals surface area contributed by atoms with E-state index >= 15 is 0 Å². The van der Waals surface area contributed by atoms with Crippen LogP contribution in [0.3, 0.4) is 0 Å². The molecule has 0 aliphatic carbocycles. The molecule has 1 N–H and O–H groups in total. The first-order valence-corrected chi connectivity index (χ1v) is 12.2. The number of nitrogens with zero attached hydrogens (tertiary/aromatic N) is 1. The van der Waals surface area contributed by atoms with Crippen LogP contribution in [0.1, 0.15) is 21.7 Å². The lowest BCUT2D eigenvalue weighted by atomic mass is 10.2. The van der Waals surface area contributed by atoms with Gasteiger partial charge in [-0.05, 0) is 57.9 Å². The van der Waals surface area contributed by atoms with E-state index < -0.39 is 5.91 Å². The first-order valence-electron chi connectivity index (χ1n) is 9.81. The normalized spacial score (nSPS) is 11.2. The Labute approximate surface area is 222 Å². The van der Waals surface area contributed by atoms with Gasteiger partial charge in [-0.25, -0.2) is 5.43 Å². The number of ether oxygens (including phenoxy) is 2. The van der Waals surface area contributed by atoms with Crippen LogP contribution in [0.2, 0.25) is 10.0 Å². The predicted octanol–water partition coefficient (Wildman–Crippen LogP) is 7.62. The van der Waals surface area contributed by atoms with Crippen molar-refractivity contribution in [2.24, 2.45) is 5.10 Å². The maximum Gasteiger partial charge on any atom is 0.307 e. The number of halogens is 4. The van der Waals surface area contributed by atoms with Gasteiger partial charge in [0.15, 0.2) is 17.3 Å². The average Bonchev–Trinajstić information content (AvgIpc) is 3.23. The second-order valence-electron chi connectivity index (χ2n) is 7.03. The topological polar surface area (TPSA) is 73.1 Å². The van der Waals surface area contributed by atoms with Crippen molar-refractivity contribution in [1.29, 1.82) is 0 Å². The number of carbonyl (C=O) groups is 1. The Morgan fingerprint density at radius 1 is 1.12 bits per heavy atom. The van der Waals surface area contributed by atoms with Gasteiger partial charge in [-0.15, -0.1) is 0 Å². The van der Waals surface area contributed by atoms with E-state index in [0.717, 1.165) is 19.9 Å². The minimum atomic E-state index is -0.492. The van der Waals surface area contributed by atoms with Crippen LogP contribution in [-0.4, -0.2) is 19.2 Å². The number of benzene rings is 3. The molecular formula is C24H16Br2Cl2N2O4. The van der Waals surface area contributed by atoms with Gasteiger partial charge in [0.05, 0.1) is 22.8 Å². The highest BCUT2D eigenvalue weighted by atomic mass is 79.9. The molecule has 0 saturated carbocycles. The third-order valence-corrected chi connectivity index (χ3v) is 6.42. The van der Waals surface area contributed by atoms with Gasteiger partial charge in [0.1, 0.15) is 12.2 Å². The van der Waals surface area contributed by atoms with Crippen LogP contribution in [0, 0.1) is 0 Å². The zero-order chi connectivity index (χ0) is 24.2. The van der Waals surface area contributed by atoms with Gasteiger partial charge in [-0.2, -0.15) is 5.10 Å². The Kier molecular flexibility index (Phi) is 7.83. The summed E-state index contributed by atoms with van der Waals surface area (Å²) in [5.41, 5.74) is 4.44. The van der Waals surface area contributed by atoms with E-state index in [1.807, 2.05) is 30.3 Å². The lowest BCUT2D eigenvalue weighted by Gasteiger charge is -2.14. The van der Waals surface area contributed by atoms with E-state index in [9.17, 15) is 4.79 Å². The first-order chi connectivity index (χ1) is 16.4. The summed E-state index contributed by atoms with van der Waals surface area (Å²) in [6.45, 7) is 0.226. The highest BCUT2D eigenvalue weighted by molar-refractivity contribution is 9.11. The molecule has 0 radical (unpaired) electrons. The van der Waals surface area contributed by atoms with Gasteiger partial charge in [-0.3, -0.25) is 4.79 Å². The predicted molar refractivity (Wildman–Crippen MR) is 140 cm³/mol. The van der Waals surface area contributed by atoms with E-state index in [-0.39, 0.29) is 12.4 Å². The summed E-state index contributed by atoms with van der Waals surface area (Å²) in [5.74, 6) is 0.433. The fraction of sp³-hybridized carbons (Fsp3) is 0.0833. The minimum absolute atomic E-state index is 0.130. The van der Waals surface area contributed by atoms with Crippen molar-refractivity contribution in [3.8, 4) is 11.5 Å². The lowest BCUT2D eigenvalue weighted by Crippen LogP contribution is -2.16. The molecule has 4 rings (SSSR count). The van der Waals surface area contributed by atoms with Crippen molar-refractivity contribution in [2.75, 3.05) is 7.11 Å². The highest BCUT2D eigenvalue weighted by Gasteiger charge is 2.15. The van der Waals surface area contributed by atoms with Gasteiger partial charge in [-0.1, -0.05) is 57.3 Å². The Bertz CT molecular complexity index is 1410. The van der Waals surface area contributed by atoms with Crippen molar-refractivity contribution >= 4 is 78.2 Å². The molecule has 1 amide bonds. The number of amides is 1. The smallest absolute Gasteiger partial charge is 0.307 e. The number of hydrogen-bond acceptors (Lipinski definition) is 5. The second kappa shape index (κ2) is 10.8. The maximum atomic E-state index is 12.5. The molecule has 0 fully saturated rings. The van der Waals surface area contributed by atoms with Crippen LogP contribution in [0.25, 0.3) is 11.0 Å². The standard InChI is InChI=1S/C24H16Br2Cl2N2O4/c1-32-20-7-13(6-19(28)23(20)33-12-14-4-2-3-5-18(14)27)11-29-30-24(31)21-9-15-8-16(25)10-17(26)22(15)34-21/h2-11H,12H2,1H3,(H,30,31)/b29-11-. The summed E-state index contributed by atoms with van der Waals surface area (Å²) in [5, 5.41) is 5.70. The Hall–Kier alpha value is -2.52. The lowest BCUT2D eigenvalue weighted by molar-refractivity contribution is 0.0929. The molecule has 0 saturated heterocycles. The quantitative estimate of drug-likeness (QED) is 0.169. The molecule has 174 valence electrons. The molecule has 4 aromatic rings. The number of rotatable bonds is 7.